The second-order valence-electron chi connectivity index (χ2n) is 4.14. The molecule has 90 valence electrons. The second kappa shape index (κ2) is 4.10. The number of carbonyl (C=O) groups excluding carboxylic acids is 2. The van der Waals surface area contributed by atoms with Crippen molar-refractivity contribution in [1.29, 1.82) is 0 Å². The number of amides is 2. The predicted octanol–water partition coefficient (Wildman–Crippen LogP) is 0.698. The molecule has 2 heterocycles. The molecule has 1 fully saturated rings. The number of hydrogen-bond donors (Lipinski definition) is 1. The third-order valence-corrected chi connectivity index (χ3v) is 2.93. The average molecular weight is 241 g/mol. The maximum absolute atomic E-state index is 11.8. The summed E-state index contributed by atoms with van der Waals surface area (Å²) in [6, 6.07) is 9.54. The van der Waals surface area contributed by atoms with Crippen LogP contribution >= 0.6 is 0 Å². The Morgan fingerprint density at radius 3 is 2.94 bits per heavy atom. The zero-order valence-electron chi connectivity index (χ0n) is 9.59. The number of benzene rings is 1. The lowest BCUT2D eigenvalue weighted by molar-refractivity contribution is -0.128. The van der Waals surface area contributed by atoms with Gasteiger partial charge < -0.3 is 5.32 Å². The predicted molar refractivity (Wildman–Crippen MR) is 67.1 cm³/mol. The summed E-state index contributed by atoms with van der Waals surface area (Å²) in [5.74, 6) is -0.269. The number of anilines is 1. The van der Waals surface area contributed by atoms with E-state index < -0.39 is 0 Å². The van der Waals surface area contributed by atoms with E-state index in [4.69, 9.17) is 0 Å². The van der Waals surface area contributed by atoms with Gasteiger partial charge in [-0.3, -0.25) is 19.5 Å². The number of para-hydroxylation sites is 1. The Morgan fingerprint density at radius 1 is 1.22 bits per heavy atom. The van der Waals surface area contributed by atoms with Crippen molar-refractivity contribution in [2.45, 2.75) is 0 Å². The smallest absolute Gasteiger partial charge is 0.246 e. The summed E-state index contributed by atoms with van der Waals surface area (Å²) in [5, 5.41) is 3.47. The van der Waals surface area contributed by atoms with E-state index in [1.54, 1.807) is 6.20 Å². The van der Waals surface area contributed by atoms with Gasteiger partial charge in [0.15, 0.2) is 0 Å². The maximum atomic E-state index is 11.8. The summed E-state index contributed by atoms with van der Waals surface area (Å²) >= 11 is 0. The SMILES string of the molecule is O=C1CN(c2cnc3ccccc3c2)C(=O)CN1. The summed E-state index contributed by atoms with van der Waals surface area (Å²) in [6.45, 7) is 0.102. The van der Waals surface area contributed by atoms with Crippen molar-refractivity contribution in [2.24, 2.45) is 0 Å². The molecule has 2 amide bonds. The van der Waals surface area contributed by atoms with Crippen LogP contribution in [0.5, 0.6) is 0 Å². The third kappa shape index (κ3) is 1.79. The minimum atomic E-state index is -0.150. The van der Waals surface area contributed by atoms with E-state index in [-0.39, 0.29) is 24.9 Å². The van der Waals surface area contributed by atoms with Gasteiger partial charge in [0.1, 0.15) is 6.54 Å². The highest BCUT2D eigenvalue weighted by atomic mass is 16.2. The topological polar surface area (TPSA) is 62.3 Å². The van der Waals surface area contributed by atoms with Gasteiger partial charge in [-0.05, 0) is 12.1 Å². The number of hydrogen-bond acceptors (Lipinski definition) is 3. The van der Waals surface area contributed by atoms with E-state index in [2.05, 4.69) is 10.3 Å². The molecule has 0 bridgehead atoms. The maximum Gasteiger partial charge on any atom is 0.246 e. The summed E-state index contributed by atoms with van der Waals surface area (Å²) in [5.41, 5.74) is 1.53. The molecule has 0 unspecified atom stereocenters. The fourth-order valence-electron chi connectivity index (χ4n) is 2.00. The van der Waals surface area contributed by atoms with Gasteiger partial charge in [-0.2, -0.15) is 0 Å². The van der Waals surface area contributed by atoms with E-state index in [9.17, 15) is 9.59 Å². The van der Waals surface area contributed by atoms with Gasteiger partial charge in [0.25, 0.3) is 0 Å². The van der Waals surface area contributed by atoms with Gasteiger partial charge in [0, 0.05) is 5.39 Å². The highest BCUT2D eigenvalue weighted by molar-refractivity contribution is 6.05. The summed E-state index contributed by atoms with van der Waals surface area (Å²) in [4.78, 5) is 28.8. The van der Waals surface area contributed by atoms with E-state index >= 15 is 0 Å². The lowest BCUT2D eigenvalue weighted by atomic mass is 10.2. The van der Waals surface area contributed by atoms with Crippen LogP contribution in [0.2, 0.25) is 0 Å². The first-order chi connectivity index (χ1) is 8.74. The molecule has 0 aliphatic carbocycles. The molecule has 18 heavy (non-hydrogen) atoms. The molecule has 1 aromatic carbocycles. The van der Waals surface area contributed by atoms with E-state index in [0.29, 0.717) is 5.69 Å². The minimum absolute atomic E-state index is 0.0473. The van der Waals surface area contributed by atoms with Gasteiger partial charge >= 0.3 is 0 Å². The fourth-order valence-corrected chi connectivity index (χ4v) is 2.00. The van der Waals surface area contributed by atoms with Crippen LogP contribution < -0.4 is 10.2 Å². The summed E-state index contributed by atoms with van der Waals surface area (Å²) < 4.78 is 0. The molecule has 3 rings (SSSR count). The molecular weight excluding hydrogens is 230 g/mol. The van der Waals surface area contributed by atoms with E-state index in [1.165, 1.54) is 4.90 Å². The molecule has 1 aromatic heterocycles. The molecule has 1 saturated heterocycles. The van der Waals surface area contributed by atoms with Crippen LogP contribution in [0.15, 0.2) is 36.5 Å². The first kappa shape index (κ1) is 10.7. The fraction of sp³-hybridized carbons (Fsp3) is 0.154. The number of piperazine rings is 1. The Kier molecular flexibility index (Phi) is 2.44. The van der Waals surface area contributed by atoms with E-state index in [0.717, 1.165) is 10.9 Å². The standard InChI is InChI=1S/C13H11N3O2/c17-12-8-16(13(18)7-15-12)10-5-9-3-1-2-4-11(9)14-6-10/h1-6H,7-8H2,(H,15,17). The first-order valence-electron chi connectivity index (χ1n) is 5.66. The Balaban J connectivity index is 2.03. The number of aromatic nitrogens is 1. The average Bonchev–Trinajstić information content (AvgIpc) is 2.41. The van der Waals surface area contributed by atoms with Crippen molar-refractivity contribution in [3.05, 3.63) is 36.5 Å². The van der Waals surface area contributed by atoms with Crippen LogP contribution in [0, 0.1) is 0 Å². The lowest BCUT2D eigenvalue weighted by Gasteiger charge is -2.26. The van der Waals surface area contributed by atoms with Gasteiger partial charge in [-0.1, -0.05) is 18.2 Å². The van der Waals surface area contributed by atoms with Crippen LogP contribution in [0.1, 0.15) is 0 Å². The largest absolute Gasteiger partial charge is 0.345 e. The lowest BCUT2D eigenvalue weighted by Crippen LogP contribution is -2.51. The van der Waals surface area contributed by atoms with Gasteiger partial charge in [-0.25, -0.2) is 0 Å². The quantitative estimate of drug-likeness (QED) is 0.799. The number of nitrogens with zero attached hydrogens (tertiary/aromatic N) is 2. The number of fused-ring (bicyclic) bond motifs is 1. The molecule has 0 radical (unpaired) electrons. The van der Waals surface area contributed by atoms with Gasteiger partial charge in [0.05, 0.1) is 23.9 Å². The first-order valence-corrected chi connectivity index (χ1v) is 5.66. The van der Waals surface area contributed by atoms with Crippen LogP contribution in [-0.2, 0) is 9.59 Å². The molecular formula is C13H11N3O2. The Bertz CT molecular complexity index is 639. The zero-order valence-corrected chi connectivity index (χ0v) is 9.59. The number of rotatable bonds is 1. The molecule has 5 nitrogen and oxygen atoms in total. The van der Waals surface area contributed by atoms with Crippen molar-refractivity contribution in [3.8, 4) is 0 Å². The number of carbonyl (C=O) groups is 2. The van der Waals surface area contributed by atoms with Crippen molar-refractivity contribution in [3.63, 3.8) is 0 Å². The molecule has 0 atom stereocenters. The molecule has 0 spiro atoms. The Morgan fingerprint density at radius 2 is 2.06 bits per heavy atom. The molecule has 1 N–H and O–H groups in total. The number of pyridine rings is 1. The van der Waals surface area contributed by atoms with E-state index in [1.807, 2.05) is 30.3 Å². The second-order valence-corrected chi connectivity index (χ2v) is 4.14. The van der Waals surface area contributed by atoms with Gasteiger partial charge in [-0.15, -0.1) is 0 Å². The van der Waals surface area contributed by atoms with Crippen molar-refractivity contribution < 1.29 is 9.59 Å². The molecule has 2 aromatic rings. The van der Waals surface area contributed by atoms with Crippen LogP contribution in [0.4, 0.5) is 5.69 Å². The monoisotopic (exact) mass is 241 g/mol. The molecule has 0 saturated carbocycles. The third-order valence-electron chi connectivity index (χ3n) is 2.93. The summed E-state index contributed by atoms with van der Waals surface area (Å²) in [6.07, 6.45) is 1.62. The summed E-state index contributed by atoms with van der Waals surface area (Å²) in [7, 11) is 0. The molecule has 1 aliphatic rings. The van der Waals surface area contributed by atoms with Crippen LogP contribution in [0.25, 0.3) is 10.9 Å². The number of nitrogens with one attached hydrogen (secondary N) is 1. The van der Waals surface area contributed by atoms with Crippen LogP contribution in [-0.4, -0.2) is 29.9 Å². The van der Waals surface area contributed by atoms with Crippen molar-refractivity contribution in [2.75, 3.05) is 18.0 Å². The van der Waals surface area contributed by atoms with Gasteiger partial charge in [0.2, 0.25) is 11.8 Å². The molecule has 1 aliphatic heterocycles. The van der Waals surface area contributed by atoms with Crippen molar-refractivity contribution >= 4 is 28.4 Å². The highest BCUT2D eigenvalue weighted by Gasteiger charge is 2.24. The molecule has 5 heteroatoms. The highest BCUT2D eigenvalue weighted by Crippen LogP contribution is 2.20. The normalized spacial score (nSPS) is 15.9. The Labute approximate surface area is 103 Å². The zero-order chi connectivity index (χ0) is 12.5. The van der Waals surface area contributed by atoms with Crippen LogP contribution in [0.3, 0.4) is 0 Å². The Hall–Kier alpha value is -2.43. The van der Waals surface area contributed by atoms with Crippen molar-refractivity contribution in [1.82, 2.24) is 10.3 Å². The minimum Gasteiger partial charge on any atom is -0.345 e.